The molecule has 3 atom stereocenters. The smallest absolute Gasteiger partial charge is 0.275 e. The van der Waals surface area contributed by atoms with Gasteiger partial charge in [0.2, 0.25) is 0 Å². The molecule has 2 aromatic rings. The van der Waals surface area contributed by atoms with Crippen LogP contribution in [0.4, 0.5) is 4.39 Å². The number of amides is 1. The number of hydrogen-bond donors (Lipinski definition) is 1. The third-order valence-electron chi connectivity index (χ3n) is 5.16. The molecule has 1 saturated heterocycles. The number of benzene rings is 1. The summed E-state index contributed by atoms with van der Waals surface area (Å²) >= 11 is 3.42. The molecule has 1 saturated carbocycles. The van der Waals surface area contributed by atoms with E-state index in [0.29, 0.717) is 34.2 Å². The molecule has 0 bridgehead atoms. The summed E-state index contributed by atoms with van der Waals surface area (Å²) in [7, 11) is 0. The molecule has 5 nitrogen and oxygen atoms in total. The van der Waals surface area contributed by atoms with Crippen molar-refractivity contribution in [3.63, 3.8) is 0 Å². The highest BCUT2D eigenvalue weighted by atomic mass is 79.9. The number of hydrogen-bond acceptors (Lipinski definition) is 3. The summed E-state index contributed by atoms with van der Waals surface area (Å²) in [4.78, 5) is 14.7. The molecule has 1 aromatic heterocycles. The van der Waals surface area contributed by atoms with Gasteiger partial charge in [0.25, 0.3) is 5.91 Å². The van der Waals surface area contributed by atoms with Crippen LogP contribution in [0.25, 0.3) is 5.69 Å². The maximum Gasteiger partial charge on any atom is 0.275 e. The Bertz CT molecular complexity index is 781. The van der Waals surface area contributed by atoms with Gasteiger partial charge in [-0.05, 0) is 64.9 Å². The molecule has 2 fully saturated rings. The van der Waals surface area contributed by atoms with Gasteiger partial charge in [-0.25, -0.2) is 9.07 Å². The van der Waals surface area contributed by atoms with Gasteiger partial charge in [0.1, 0.15) is 5.82 Å². The van der Waals surface area contributed by atoms with Crippen LogP contribution < -0.4 is 5.73 Å². The van der Waals surface area contributed by atoms with Crippen LogP contribution in [-0.2, 0) is 0 Å². The minimum absolute atomic E-state index is 0. The number of nitrogens with two attached hydrogens (primary N) is 1. The standard InChI is InChI=1S/C17H18BrFN4O.ClH/c18-14-9-23(12-4-2-11(19)3-5-12)21-16(14)17(24)22-7-10-1-6-15(20)13(10)8-22;/h2-5,9-10,13,15H,1,6-8,20H2;1H. The average Bonchev–Trinajstić information content (AvgIpc) is 3.24. The summed E-state index contributed by atoms with van der Waals surface area (Å²) in [5.74, 6) is 0.541. The average molecular weight is 430 g/mol. The lowest BCUT2D eigenvalue weighted by Crippen LogP contribution is -2.33. The first kappa shape index (κ1) is 18.4. The molecule has 1 aliphatic heterocycles. The van der Waals surface area contributed by atoms with E-state index in [1.54, 1.807) is 23.0 Å². The molecule has 0 radical (unpaired) electrons. The van der Waals surface area contributed by atoms with E-state index in [1.165, 1.54) is 12.1 Å². The second kappa shape index (κ2) is 7.05. The van der Waals surface area contributed by atoms with E-state index in [-0.39, 0.29) is 30.2 Å². The van der Waals surface area contributed by atoms with Crippen molar-refractivity contribution in [2.24, 2.45) is 17.6 Å². The van der Waals surface area contributed by atoms with Gasteiger partial charge in [0.15, 0.2) is 5.69 Å². The Morgan fingerprint density at radius 3 is 2.64 bits per heavy atom. The minimum atomic E-state index is -0.304. The van der Waals surface area contributed by atoms with Crippen LogP contribution >= 0.6 is 28.3 Å². The van der Waals surface area contributed by atoms with Crippen LogP contribution in [0.15, 0.2) is 34.9 Å². The van der Waals surface area contributed by atoms with Crippen molar-refractivity contribution in [3.05, 3.63) is 46.4 Å². The van der Waals surface area contributed by atoms with E-state index in [0.717, 1.165) is 19.4 Å². The predicted octanol–water partition coefficient (Wildman–Crippen LogP) is 3.01. The minimum Gasteiger partial charge on any atom is -0.337 e. The second-order valence-corrected chi connectivity index (χ2v) is 7.48. The quantitative estimate of drug-likeness (QED) is 0.798. The summed E-state index contributed by atoms with van der Waals surface area (Å²) in [5, 5.41) is 4.39. The Balaban J connectivity index is 0.00000182. The van der Waals surface area contributed by atoms with Crippen molar-refractivity contribution in [1.82, 2.24) is 14.7 Å². The van der Waals surface area contributed by atoms with Gasteiger partial charge in [0, 0.05) is 25.3 Å². The molecule has 0 spiro atoms. The Morgan fingerprint density at radius 2 is 1.96 bits per heavy atom. The van der Waals surface area contributed by atoms with E-state index >= 15 is 0 Å². The van der Waals surface area contributed by atoms with Gasteiger partial charge in [-0.15, -0.1) is 12.4 Å². The fourth-order valence-corrected chi connectivity index (χ4v) is 4.29. The van der Waals surface area contributed by atoms with Crippen LogP contribution in [0, 0.1) is 17.7 Å². The first-order valence-electron chi connectivity index (χ1n) is 8.09. The molecular weight excluding hydrogens is 411 g/mol. The lowest BCUT2D eigenvalue weighted by molar-refractivity contribution is 0.0772. The van der Waals surface area contributed by atoms with Crippen molar-refractivity contribution in [1.29, 1.82) is 0 Å². The lowest BCUT2D eigenvalue weighted by atomic mass is 9.98. The van der Waals surface area contributed by atoms with E-state index in [9.17, 15) is 9.18 Å². The molecule has 1 aliphatic carbocycles. The number of nitrogens with zero attached hydrogens (tertiary/aromatic N) is 3. The van der Waals surface area contributed by atoms with Gasteiger partial charge in [-0.1, -0.05) is 0 Å². The topological polar surface area (TPSA) is 64.2 Å². The molecule has 4 rings (SSSR count). The Morgan fingerprint density at radius 1 is 1.24 bits per heavy atom. The predicted molar refractivity (Wildman–Crippen MR) is 98.6 cm³/mol. The maximum atomic E-state index is 13.1. The van der Waals surface area contributed by atoms with Gasteiger partial charge < -0.3 is 10.6 Å². The molecule has 2 N–H and O–H groups in total. The van der Waals surface area contributed by atoms with Crippen LogP contribution in [0.5, 0.6) is 0 Å². The first-order valence-corrected chi connectivity index (χ1v) is 8.88. The molecule has 2 aliphatic rings. The Labute approximate surface area is 159 Å². The summed E-state index contributed by atoms with van der Waals surface area (Å²) in [6, 6.07) is 6.20. The van der Waals surface area contributed by atoms with Crippen LogP contribution in [0.1, 0.15) is 23.3 Å². The summed E-state index contributed by atoms with van der Waals surface area (Å²) in [6.07, 6.45) is 3.88. The third-order valence-corrected chi connectivity index (χ3v) is 5.74. The van der Waals surface area contributed by atoms with Crippen LogP contribution in [0.3, 0.4) is 0 Å². The number of likely N-dealkylation sites (tertiary alicyclic amines) is 1. The number of carbonyl (C=O) groups is 1. The number of halogens is 3. The zero-order valence-corrected chi connectivity index (χ0v) is 15.8. The van der Waals surface area contributed by atoms with Gasteiger partial charge in [-0.3, -0.25) is 4.79 Å². The largest absolute Gasteiger partial charge is 0.337 e. The molecule has 25 heavy (non-hydrogen) atoms. The highest BCUT2D eigenvalue weighted by molar-refractivity contribution is 9.10. The molecule has 134 valence electrons. The van der Waals surface area contributed by atoms with E-state index in [2.05, 4.69) is 21.0 Å². The van der Waals surface area contributed by atoms with Crippen molar-refractivity contribution >= 4 is 34.2 Å². The monoisotopic (exact) mass is 428 g/mol. The van der Waals surface area contributed by atoms with E-state index in [4.69, 9.17) is 5.73 Å². The Hall–Kier alpha value is -1.44. The number of fused-ring (bicyclic) bond motifs is 1. The molecule has 8 heteroatoms. The van der Waals surface area contributed by atoms with Crippen LogP contribution in [0.2, 0.25) is 0 Å². The number of aromatic nitrogens is 2. The SMILES string of the molecule is Cl.NC1CCC2CN(C(=O)c3nn(-c4ccc(F)cc4)cc3Br)CC12. The highest BCUT2D eigenvalue weighted by Crippen LogP contribution is 2.37. The zero-order chi connectivity index (χ0) is 16.8. The van der Waals surface area contributed by atoms with Gasteiger partial charge in [0.05, 0.1) is 10.2 Å². The summed E-state index contributed by atoms with van der Waals surface area (Å²) < 4.78 is 15.3. The molecular formula is C17H19BrClFN4O. The van der Waals surface area contributed by atoms with Crippen LogP contribution in [-0.4, -0.2) is 39.7 Å². The normalized spacial score (nSPS) is 24.9. The van der Waals surface area contributed by atoms with E-state index in [1.807, 2.05) is 4.90 Å². The van der Waals surface area contributed by atoms with Crippen molar-refractivity contribution in [3.8, 4) is 5.69 Å². The highest BCUT2D eigenvalue weighted by Gasteiger charge is 2.43. The molecule has 1 amide bonds. The van der Waals surface area contributed by atoms with Crippen molar-refractivity contribution in [2.45, 2.75) is 18.9 Å². The zero-order valence-electron chi connectivity index (χ0n) is 13.4. The van der Waals surface area contributed by atoms with Crippen molar-refractivity contribution < 1.29 is 9.18 Å². The fourth-order valence-electron chi connectivity index (χ4n) is 3.85. The van der Waals surface area contributed by atoms with Gasteiger partial charge in [-0.2, -0.15) is 5.10 Å². The van der Waals surface area contributed by atoms with Gasteiger partial charge >= 0.3 is 0 Å². The Kier molecular flexibility index (Phi) is 5.18. The molecule has 1 aromatic carbocycles. The molecule has 2 heterocycles. The summed E-state index contributed by atoms with van der Waals surface area (Å²) in [6.45, 7) is 1.47. The first-order chi connectivity index (χ1) is 11.5. The molecule has 3 unspecified atom stereocenters. The summed E-state index contributed by atoms with van der Waals surface area (Å²) in [5.41, 5.74) is 7.23. The lowest BCUT2D eigenvalue weighted by Gasteiger charge is -2.17. The maximum absolute atomic E-state index is 13.1. The van der Waals surface area contributed by atoms with E-state index < -0.39 is 0 Å². The van der Waals surface area contributed by atoms with Crippen molar-refractivity contribution in [2.75, 3.05) is 13.1 Å². The third kappa shape index (κ3) is 3.32. The second-order valence-electron chi connectivity index (χ2n) is 6.62. The number of carbonyl (C=O) groups excluding carboxylic acids is 1. The number of rotatable bonds is 2. The fraction of sp³-hybridized carbons (Fsp3) is 0.412.